The second-order valence-electron chi connectivity index (χ2n) is 7.83. The highest BCUT2D eigenvalue weighted by Crippen LogP contribution is 2.35. The third-order valence-electron chi connectivity index (χ3n) is 6.22. The average molecular weight is 489 g/mol. The molecule has 154 valence electrons. The van der Waals surface area contributed by atoms with Crippen LogP contribution in [0.4, 0.5) is 0 Å². The number of hydrogen-bond acceptors (Lipinski definition) is 4. The fourth-order valence-electron chi connectivity index (χ4n) is 4.42. The summed E-state index contributed by atoms with van der Waals surface area (Å²) in [7, 11) is 3.83. The highest BCUT2D eigenvalue weighted by Gasteiger charge is 2.38. The van der Waals surface area contributed by atoms with E-state index in [1.165, 1.54) is 64.5 Å². The molecule has 1 aromatic heterocycles. The lowest BCUT2D eigenvalue weighted by atomic mass is 9.79. The third kappa shape index (κ3) is 5.56. The maximum Gasteiger partial charge on any atom is 0.191 e. The predicted molar refractivity (Wildman–Crippen MR) is 121 cm³/mol. The number of aromatic nitrogens is 3. The topological polar surface area (TPSA) is 70.4 Å². The van der Waals surface area contributed by atoms with Crippen LogP contribution in [0.2, 0.25) is 0 Å². The highest BCUT2D eigenvalue weighted by atomic mass is 127. The molecule has 3 rings (SSSR count). The summed E-state index contributed by atoms with van der Waals surface area (Å²) in [5, 5.41) is 15.3. The van der Waals surface area contributed by atoms with Gasteiger partial charge in [0.15, 0.2) is 11.8 Å². The standard InChI is InChI=1S/C19H35N7.HI/c1-16-23-24-17(25(16)3)14-21-18(20-2)22-15-19(10-6-4-7-11-19)26-12-8-5-9-13-26;/h4-15H2,1-3H3,(H2,20,21,22);1H. The van der Waals surface area contributed by atoms with Crippen LogP contribution >= 0.6 is 24.0 Å². The molecule has 0 unspecified atom stereocenters. The number of piperidine rings is 1. The van der Waals surface area contributed by atoms with Gasteiger partial charge in [-0.25, -0.2) is 0 Å². The largest absolute Gasteiger partial charge is 0.355 e. The number of nitrogens with one attached hydrogen (secondary N) is 2. The van der Waals surface area contributed by atoms with Crippen molar-refractivity contribution < 1.29 is 0 Å². The van der Waals surface area contributed by atoms with Crippen LogP contribution in [0.3, 0.4) is 0 Å². The molecular weight excluding hydrogens is 453 g/mol. The van der Waals surface area contributed by atoms with Gasteiger partial charge in [-0.2, -0.15) is 0 Å². The van der Waals surface area contributed by atoms with Crippen molar-refractivity contribution in [3.63, 3.8) is 0 Å². The molecule has 1 saturated carbocycles. The van der Waals surface area contributed by atoms with Crippen molar-refractivity contribution in [3.8, 4) is 0 Å². The first-order chi connectivity index (χ1) is 12.6. The number of nitrogens with zero attached hydrogens (tertiary/aromatic N) is 5. The van der Waals surface area contributed by atoms with E-state index in [4.69, 9.17) is 0 Å². The Hall–Kier alpha value is -0.900. The van der Waals surface area contributed by atoms with E-state index in [1.54, 1.807) is 0 Å². The molecule has 0 spiro atoms. The van der Waals surface area contributed by atoms with Crippen molar-refractivity contribution in [2.75, 3.05) is 26.7 Å². The van der Waals surface area contributed by atoms with Gasteiger partial charge in [-0.05, 0) is 45.7 Å². The number of rotatable bonds is 5. The minimum atomic E-state index is 0. The van der Waals surface area contributed by atoms with Crippen LogP contribution in [0.5, 0.6) is 0 Å². The summed E-state index contributed by atoms with van der Waals surface area (Å²) in [6.07, 6.45) is 10.8. The number of halogens is 1. The SMILES string of the molecule is CN=C(NCc1nnc(C)n1C)NCC1(N2CCCCC2)CCCCC1.I. The molecule has 0 radical (unpaired) electrons. The van der Waals surface area contributed by atoms with Crippen LogP contribution in [0, 0.1) is 6.92 Å². The zero-order valence-electron chi connectivity index (χ0n) is 17.1. The van der Waals surface area contributed by atoms with Gasteiger partial charge in [-0.1, -0.05) is 25.7 Å². The monoisotopic (exact) mass is 489 g/mol. The second-order valence-corrected chi connectivity index (χ2v) is 7.83. The molecule has 2 N–H and O–H groups in total. The summed E-state index contributed by atoms with van der Waals surface area (Å²) in [4.78, 5) is 7.18. The molecule has 2 heterocycles. The first-order valence-corrected chi connectivity index (χ1v) is 10.2. The van der Waals surface area contributed by atoms with E-state index in [2.05, 4.69) is 30.7 Å². The van der Waals surface area contributed by atoms with E-state index in [9.17, 15) is 0 Å². The van der Waals surface area contributed by atoms with Gasteiger partial charge in [-0.3, -0.25) is 9.89 Å². The summed E-state index contributed by atoms with van der Waals surface area (Å²) >= 11 is 0. The molecule has 7 nitrogen and oxygen atoms in total. The zero-order valence-corrected chi connectivity index (χ0v) is 19.5. The van der Waals surface area contributed by atoms with E-state index in [0.717, 1.165) is 24.2 Å². The molecule has 2 aliphatic rings. The third-order valence-corrected chi connectivity index (χ3v) is 6.22. The average Bonchev–Trinajstić information content (AvgIpc) is 3.01. The molecule has 8 heteroatoms. The quantitative estimate of drug-likeness (QED) is 0.378. The Morgan fingerprint density at radius 2 is 1.70 bits per heavy atom. The predicted octanol–water partition coefficient (Wildman–Crippen LogP) is 2.60. The Balaban J connectivity index is 0.00000261. The van der Waals surface area contributed by atoms with Crippen LogP contribution in [-0.2, 0) is 13.6 Å². The molecule has 2 fully saturated rings. The van der Waals surface area contributed by atoms with E-state index >= 15 is 0 Å². The van der Waals surface area contributed by atoms with Crippen molar-refractivity contribution in [2.24, 2.45) is 12.0 Å². The Bertz CT molecular complexity index is 601. The zero-order chi connectivity index (χ0) is 18.4. The Labute approximate surface area is 180 Å². The van der Waals surface area contributed by atoms with Gasteiger partial charge in [-0.15, -0.1) is 34.2 Å². The summed E-state index contributed by atoms with van der Waals surface area (Å²) in [6.45, 7) is 6.09. The number of likely N-dealkylation sites (tertiary alicyclic amines) is 1. The van der Waals surface area contributed by atoms with Gasteiger partial charge in [0.05, 0.1) is 6.54 Å². The Kier molecular flexibility index (Phi) is 8.78. The van der Waals surface area contributed by atoms with E-state index < -0.39 is 0 Å². The first kappa shape index (κ1) is 22.4. The number of guanidine groups is 1. The van der Waals surface area contributed by atoms with Crippen molar-refractivity contribution in [1.29, 1.82) is 0 Å². The number of aliphatic imine (C=N–C) groups is 1. The van der Waals surface area contributed by atoms with Gasteiger partial charge in [0.25, 0.3) is 0 Å². The lowest BCUT2D eigenvalue weighted by molar-refractivity contribution is 0.0368. The Morgan fingerprint density at radius 1 is 1.04 bits per heavy atom. The molecule has 0 atom stereocenters. The van der Waals surface area contributed by atoms with Gasteiger partial charge in [0.2, 0.25) is 0 Å². The maximum absolute atomic E-state index is 4.42. The molecule has 1 aromatic rings. The van der Waals surface area contributed by atoms with E-state index in [0.29, 0.717) is 12.1 Å². The molecule has 27 heavy (non-hydrogen) atoms. The normalized spacial score (nSPS) is 20.8. The Morgan fingerprint density at radius 3 is 2.30 bits per heavy atom. The molecular formula is C19H36IN7. The smallest absolute Gasteiger partial charge is 0.191 e. The number of hydrogen-bond donors (Lipinski definition) is 2. The van der Waals surface area contributed by atoms with Gasteiger partial charge in [0, 0.05) is 26.2 Å². The minimum absolute atomic E-state index is 0. The summed E-state index contributed by atoms with van der Waals surface area (Å²) in [5.74, 6) is 2.71. The lowest BCUT2D eigenvalue weighted by Crippen LogP contribution is -2.59. The molecule has 1 aliphatic carbocycles. The molecule has 0 bridgehead atoms. The van der Waals surface area contributed by atoms with Crippen LogP contribution in [0.25, 0.3) is 0 Å². The first-order valence-electron chi connectivity index (χ1n) is 10.2. The summed E-state index contributed by atoms with van der Waals surface area (Å²) in [6, 6.07) is 0. The summed E-state index contributed by atoms with van der Waals surface area (Å²) in [5.41, 5.74) is 0.303. The lowest BCUT2D eigenvalue weighted by Gasteiger charge is -2.48. The van der Waals surface area contributed by atoms with Crippen LogP contribution in [0.15, 0.2) is 4.99 Å². The van der Waals surface area contributed by atoms with Crippen molar-refractivity contribution >= 4 is 29.9 Å². The van der Waals surface area contributed by atoms with Crippen molar-refractivity contribution in [1.82, 2.24) is 30.3 Å². The van der Waals surface area contributed by atoms with E-state index in [-0.39, 0.29) is 24.0 Å². The van der Waals surface area contributed by atoms with Crippen LogP contribution in [0.1, 0.15) is 63.0 Å². The molecule has 1 saturated heterocycles. The minimum Gasteiger partial charge on any atom is -0.355 e. The fourth-order valence-corrected chi connectivity index (χ4v) is 4.42. The van der Waals surface area contributed by atoms with E-state index in [1.807, 2.05) is 25.6 Å². The second kappa shape index (κ2) is 10.6. The highest BCUT2D eigenvalue weighted by molar-refractivity contribution is 14.0. The van der Waals surface area contributed by atoms with Gasteiger partial charge < -0.3 is 15.2 Å². The van der Waals surface area contributed by atoms with Gasteiger partial charge in [0.1, 0.15) is 5.82 Å². The fraction of sp³-hybridized carbons (Fsp3) is 0.842. The molecule has 1 aliphatic heterocycles. The number of aryl methyl sites for hydroxylation is 1. The van der Waals surface area contributed by atoms with Crippen LogP contribution < -0.4 is 10.6 Å². The summed E-state index contributed by atoms with van der Waals surface area (Å²) < 4.78 is 2.01. The van der Waals surface area contributed by atoms with Crippen molar-refractivity contribution in [2.45, 2.75) is 70.4 Å². The van der Waals surface area contributed by atoms with Gasteiger partial charge >= 0.3 is 0 Å². The van der Waals surface area contributed by atoms with Crippen LogP contribution in [-0.4, -0.2) is 57.8 Å². The molecule has 0 aromatic carbocycles. The van der Waals surface area contributed by atoms with Crippen molar-refractivity contribution in [3.05, 3.63) is 11.6 Å². The molecule has 0 amide bonds. The maximum atomic E-state index is 4.42.